The van der Waals surface area contributed by atoms with Crippen molar-refractivity contribution in [3.8, 4) is 5.75 Å². The van der Waals surface area contributed by atoms with Crippen LogP contribution < -0.4 is 4.74 Å². The predicted molar refractivity (Wildman–Crippen MR) is 235 cm³/mol. The van der Waals surface area contributed by atoms with Crippen molar-refractivity contribution in [2.45, 2.75) is 132 Å². The molecule has 2 aromatic rings. The maximum Gasteiger partial charge on any atom is 0.413 e. The van der Waals surface area contributed by atoms with E-state index in [4.69, 9.17) is 42.6 Å². The Bertz CT molecular complexity index is 2190. The van der Waals surface area contributed by atoms with E-state index in [1.54, 1.807) is 103 Å². The topological polar surface area (TPSA) is 192 Å². The SMILES string of the molecule is COc1ccc(C2OC(C(=O)O[C@H]3C[C@@]4(O)[C@@H](OC(=O)c5ccccc5)C5[C@](C)(C(=O)[C@H](OC)C(=C3C)C4(C)C)[C@@H](OC)C[C@H]3OC[C@@]53OC(C)=O)C(I)N2C(=O)OC(C)(C)C)cc1. The summed E-state index contributed by atoms with van der Waals surface area (Å²) in [6, 6.07) is 15.0. The molecule has 16 nitrogen and oxygen atoms in total. The number of ether oxygens (including phenoxy) is 9. The van der Waals surface area contributed by atoms with Crippen LogP contribution in [0.25, 0.3) is 0 Å². The number of esters is 3. The molecule has 348 valence electrons. The van der Waals surface area contributed by atoms with E-state index in [1.807, 2.05) is 22.6 Å². The van der Waals surface area contributed by atoms with E-state index >= 15 is 4.79 Å². The summed E-state index contributed by atoms with van der Waals surface area (Å²) in [6.45, 7) is 13.1. The minimum absolute atomic E-state index is 0.134. The van der Waals surface area contributed by atoms with Gasteiger partial charge < -0.3 is 47.7 Å². The van der Waals surface area contributed by atoms with Crippen molar-refractivity contribution in [1.29, 1.82) is 0 Å². The number of fused-ring (bicyclic) bond motifs is 5. The third-order valence-corrected chi connectivity index (χ3v) is 15.2. The summed E-state index contributed by atoms with van der Waals surface area (Å²) in [7, 11) is 4.36. The van der Waals surface area contributed by atoms with E-state index in [0.717, 1.165) is 0 Å². The molecule has 2 aromatic carbocycles. The lowest BCUT2D eigenvalue weighted by Crippen LogP contribution is -2.82. The van der Waals surface area contributed by atoms with Gasteiger partial charge in [0.05, 0.1) is 36.7 Å². The molecule has 5 aliphatic rings. The summed E-state index contributed by atoms with van der Waals surface area (Å²) in [5, 5.41) is 13.8. The lowest BCUT2D eigenvalue weighted by molar-refractivity contribution is -0.347. The normalized spacial score (nSPS) is 35.4. The van der Waals surface area contributed by atoms with Crippen LogP contribution in [0.1, 0.15) is 90.4 Å². The van der Waals surface area contributed by atoms with Crippen molar-refractivity contribution >= 4 is 52.4 Å². The van der Waals surface area contributed by atoms with E-state index < -0.39 is 110 Å². The second-order valence-electron chi connectivity index (χ2n) is 19.0. The number of halogens is 1. The van der Waals surface area contributed by atoms with E-state index in [9.17, 15) is 24.3 Å². The Labute approximate surface area is 386 Å². The smallest absolute Gasteiger partial charge is 0.413 e. The van der Waals surface area contributed by atoms with Gasteiger partial charge in [0.25, 0.3) is 0 Å². The number of carbonyl (C=O) groups excluding carboxylic acids is 5. The zero-order valence-electron chi connectivity index (χ0n) is 38.0. The predicted octanol–water partition coefficient (Wildman–Crippen LogP) is 6.05. The molecule has 12 atom stereocenters. The Morgan fingerprint density at radius 1 is 0.938 bits per heavy atom. The number of nitrogens with zero attached hydrogens (tertiary/aromatic N) is 1. The Kier molecular flexibility index (Phi) is 12.9. The summed E-state index contributed by atoms with van der Waals surface area (Å²) in [5.74, 6) is -3.57. The van der Waals surface area contributed by atoms with Crippen molar-refractivity contribution in [2.75, 3.05) is 27.9 Å². The van der Waals surface area contributed by atoms with Crippen LogP contribution in [0.15, 0.2) is 65.7 Å². The van der Waals surface area contributed by atoms with Crippen molar-refractivity contribution < 1.29 is 71.7 Å². The highest BCUT2D eigenvalue weighted by Gasteiger charge is 2.78. The number of methoxy groups -OCH3 is 3. The number of benzene rings is 2. The van der Waals surface area contributed by atoms with E-state index in [2.05, 4.69) is 0 Å². The number of aliphatic hydroxyl groups is 1. The van der Waals surface area contributed by atoms with Crippen LogP contribution in [0.3, 0.4) is 0 Å². The molecule has 3 aliphatic carbocycles. The molecule has 0 spiro atoms. The number of hydrogen-bond acceptors (Lipinski definition) is 15. The average Bonchev–Trinajstić information content (AvgIpc) is 3.59. The highest BCUT2D eigenvalue weighted by molar-refractivity contribution is 14.1. The lowest BCUT2D eigenvalue weighted by Gasteiger charge is -2.67. The number of alkyl halides is 1. The molecular formula is C47H58INO15. The molecule has 1 N–H and O–H groups in total. The minimum Gasteiger partial charge on any atom is -0.497 e. The first-order chi connectivity index (χ1) is 30.0. The molecule has 17 heteroatoms. The molecule has 2 bridgehead atoms. The second-order valence-corrected chi connectivity index (χ2v) is 20.2. The van der Waals surface area contributed by atoms with Gasteiger partial charge in [0.2, 0.25) is 0 Å². The number of amides is 1. The van der Waals surface area contributed by atoms with Crippen LogP contribution in [-0.2, 0) is 52.3 Å². The van der Waals surface area contributed by atoms with Crippen LogP contribution in [0.5, 0.6) is 5.75 Å². The molecule has 2 heterocycles. The number of carbonyl (C=O) groups is 5. The summed E-state index contributed by atoms with van der Waals surface area (Å²) in [5.41, 5.74) is -6.31. The molecule has 0 aromatic heterocycles. The van der Waals surface area contributed by atoms with Crippen LogP contribution >= 0.6 is 22.6 Å². The maximum absolute atomic E-state index is 15.7. The standard InChI is InChI=1S/C47H58INO15/c1-24-29(60-41(53)34-38(48)49(42(54)64-43(3,4)5)39(61-34)26-17-19-28(56-9)20-18-26)22-47(55)37(62-40(52)27-15-13-12-14-16-27)35-45(8,36(51)33(58-11)32(24)44(47,6)7)30(57-10)21-31-46(35,23-59-31)63-25(2)50/h12-20,29-31,33-35,37-39,55H,21-23H2,1-11H3/t29-,30-,31+,33+,34?,35?,37-,38?,39?,45+,46-,47+/m0/s1. The first-order valence-electron chi connectivity index (χ1n) is 21.3. The zero-order chi connectivity index (χ0) is 46.9. The van der Waals surface area contributed by atoms with Gasteiger partial charge in [-0.2, -0.15) is 0 Å². The van der Waals surface area contributed by atoms with Crippen molar-refractivity contribution in [3.63, 3.8) is 0 Å². The van der Waals surface area contributed by atoms with E-state index in [0.29, 0.717) is 22.5 Å². The molecule has 1 amide bonds. The summed E-state index contributed by atoms with van der Waals surface area (Å²) >= 11 is 1.95. The monoisotopic (exact) mass is 1000 g/mol. The van der Waals surface area contributed by atoms with Gasteiger partial charge in [0.15, 0.2) is 23.7 Å². The van der Waals surface area contributed by atoms with Gasteiger partial charge in [-0.05, 0) is 70.0 Å². The van der Waals surface area contributed by atoms with E-state index in [-0.39, 0.29) is 25.0 Å². The van der Waals surface area contributed by atoms with Crippen molar-refractivity contribution in [2.24, 2.45) is 16.7 Å². The fraction of sp³-hybridized carbons (Fsp3) is 0.596. The van der Waals surface area contributed by atoms with Gasteiger partial charge in [0.1, 0.15) is 45.4 Å². The molecule has 64 heavy (non-hydrogen) atoms. The maximum atomic E-state index is 15.7. The van der Waals surface area contributed by atoms with E-state index in [1.165, 1.54) is 33.2 Å². The van der Waals surface area contributed by atoms with Crippen molar-refractivity contribution in [3.05, 3.63) is 76.9 Å². The zero-order valence-corrected chi connectivity index (χ0v) is 40.2. The Morgan fingerprint density at radius 3 is 2.14 bits per heavy atom. The van der Waals surface area contributed by atoms with Gasteiger partial charge >= 0.3 is 24.0 Å². The largest absolute Gasteiger partial charge is 0.497 e. The molecular weight excluding hydrogens is 945 g/mol. The summed E-state index contributed by atoms with van der Waals surface area (Å²) in [4.78, 5) is 73.0. The van der Waals surface area contributed by atoms with Gasteiger partial charge in [-0.1, -0.05) is 66.8 Å². The number of rotatable bonds is 9. The summed E-state index contributed by atoms with van der Waals surface area (Å²) < 4.78 is 54.0. The molecule has 2 saturated carbocycles. The quantitative estimate of drug-likeness (QED) is 0.0763. The Balaban J connectivity index is 1.36. The molecule has 7 rings (SSSR count). The molecule has 0 radical (unpaired) electrons. The fourth-order valence-corrected chi connectivity index (χ4v) is 11.7. The fourth-order valence-electron chi connectivity index (χ4n) is 10.7. The number of ketones is 1. The minimum atomic E-state index is -2.18. The van der Waals surface area contributed by atoms with Gasteiger partial charge in [-0.3, -0.25) is 14.5 Å². The second kappa shape index (κ2) is 17.3. The third-order valence-electron chi connectivity index (χ3n) is 13.9. The lowest BCUT2D eigenvalue weighted by atomic mass is 9.44. The molecule has 4 fully saturated rings. The van der Waals surface area contributed by atoms with Gasteiger partial charge in [-0.25, -0.2) is 14.4 Å². The van der Waals surface area contributed by atoms with Crippen LogP contribution in [0, 0.1) is 16.7 Å². The van der Waals surface area contributed by atoms with Gasteiger partial charge in [0, 0.05) is 45.0 Å². The number of hydrogen-bond donors (Lipinski definition) is 1. The molecule has 4 unspecified atom stereocenters. The molecule has 2 saturated heterocycles. The van der Waals surface area contributed by atoms with Crippen molar-refractivity contribution in [1.82, 2.24) is 4.90 Å². The third kappa shape index (κ3) is 7.70. The first-order valence-corrected chi connectivity index (χ1v) is 22.5. The van der Waals surface area contributed by atoms with Crippen LogP contribution in [-0.4, -0.2) is 125 Å². The summed E-state index contributed by atoms with van der Waals surface area (Å²) in [6.07, 6.45) is -9.35. The first kappa shape index (κ1) is 47.8. The Hall–Kier alpha value is -4.14. The van der Waals surface area contributed by atoms with Crippen LogP contribution in [0.4, 0.5) is 4.79 Å². The average molecular weight is 1000 g/mol. The highest BCUT2D eigenvalue weighted by atomic mass is 127. The van der Waals surface area contributed by atoms with Gasteiger partial charge in [-0.15, -0.1) is 0 Å². The molecule has 2 aliphatic heterocycles. The highest BCUT2D eigenvalue weighted by Crippen LogP contribution is 2.65. The Morgan fingerprint density at radius 2 is 1.59 bits per heavy atom. The number of Topliss-reactive ketones (excluding diaryl/α,β-unsaturated/α-hetero) is 1. The van der Waals surface area contributed by atoms with Crippen LogP contribution in [0.2, 0.25) is 0 Å².